The molecule has 2 rings (SSSR count). The summed E-state index contributed by atoms with van der Waals surface area (Å²) in [6.07, 6.45) is 0. The summed E-state index contributed by atoms with van der Waals surface area (Å²) < 4.78 is 5.28. The van der Waals surface area contributed by atoms with E-state index in [9.17, 15) is 4.79 Å². The molecule has 23 heavy (non-hydrogen) atoms. The van der Waals surface area contributed by atoms with Gasteiger partial charge in [0.25, 0.3) is 0 Å². The minimum Gasteiger partial charge on any atom is -0.464 e. The number of benzene rings is 1. The highest BCUT2D eigenvalue weighted by molar-refractivity contribution is 6.33. The molecule has 6 nitrogen and oxygen atoms in total. The number of carbonyl (C=O) groups is 1. The molecule has 2 aromatic rings. The molecule has 0 unspecified atom stereocenters. The number of aryl methyl sites for hydroxylation is 3. The van der Waals surface area contributed by atoms with Gasteiger partial charge in [0.1, 0.15) is 0 Å². The summed E-state index contributed by atoms with van der Waals surface area (Å²) in [5.74, 6) is 0. The molecule has 0 aliphatic heterocycles. The van der Waals surface area contributed by atoms with E-state index in [2.05, 4.69) is 20.6 Å². The Morgan fingerprint density at radius 2 is 1.83 bits per heavy atom. The van der Waals surface area contributed by atoms with Crippen LogP contribution in [0.15, 0.2) is 18.2 Å². The average molecular weight is 335 g/mol. The van der Waals surface area contributed by atoms with Crippen LogP contribution in [0.4, 0.5) is 16.2 Å². The van der Waals surface area contributed by atoms with Crippen molar-refractivity contribution in [1.82, 2.24) is 9.97 Å². The Morgan fingerprint density at radius 3 is 2.39 bits per heavy atom. The van der Waals surface area contributed by atoms with Gasteiger partial charge in [-0.1, -0.05) is 17.7 Å². The fourth-order valence-electron chi connectivity index (χ4n) is 2.05. The molecule has 0 spiro atoms. The Kier molecular flexibility index (Phi) is 5.39. The molecule has 0 aliphatic rings. The highest BCUT2D eigenvalue weighted by atomic mass is 35.5. The number of ether oxygens (including phenoxy) is 1. The maximum Gasteiger partial charge on any atom is 0.323 e. The van der Waals surface area contributed by atoms with Gasteiger partial charge in [-0.15, -0.1) is 0 Å². The van der Waals surface area contributed by atoms with Gasteiger partial charge in [0.05, 0.1) is 34.4 Å². The first-order valence-corrected chi connectivity index (χ1v) is 7.60. The van der Waals surface area contributed by atoms with E-state index in [4.69, 9.17) is 16.3 Å². The molecule has 1 heterocycles. The number of hydrogen-bond donors (Lipinski definition) is 2. The molecule has 1 aromatic carbocycles. The molecule has 0 radical (unpaired) electrons. The summed E-state index contributed by atoms with van der Waals surface area (Å²) >= 11 is 6.11. The van der Waals surface area contributed by atoms with Crippen molar-refractivity contribution >= 4 is 29.0 Å². The van der Waals surface area contributed by atoms with Crippen molar-refractivity contribution in [2.75, 3.05) is 17.2 Å². The zero-order valence-electron chi connectivity index (χ0n) is 13.5. The van der Waals surface area contributed by atoms with Gasteiger partial charge in [0.15, 0.2) is 0 Å². The van der Waals surface area contributed by atoms with Crippen LogP contribution in [0.3, 0.4) is 0 Å². The van der Waals surface area contributed by atoms with E-state index in [0.29, 0.717) is 40.4 Å². The van der Waals surface area contributed by atoms with Crippen molar-refractivity contribution in [1.29, 1.82) is 0 Å². The van der Waals surface area contributed by atoms with Gasteiger partial charge in [0, 0.05) is 0 Å². The first kappa shape index (κ1) is 17.0. The third kappa shape index (κ3) is 4.32. The van der Waals surface area contributed by atoms with Gasteiger partial charge < -0.3 is 15.4 Å². The molecular weight excluding hydrogens is 316 g/mol. The Bertz CT molecular complexity index is 711. The van der Waals surface area contributed by atoms with Crippen LogP contribution in [0.25, 0.3) is 0 Å². The molecule has 0 atom stereocenters. The summed E-state index contributed by atoms with van der Waals surface area (Å²) in [4.78, 5) is 20.6. The van der Waals surface area contributed by atoms with Crippen LogP contribution in [0, 0.1) is 20.8 Å². The fourth-order valence-corrected chi connectivity index (χ4v) is 2.33. The molecule has 0 saturated carbocycles. The van der Waals surface area contributed by atoms with Crippen molar-refractivity contribution in [3.8, 4) is 6.01 Å². The lowest BCUT2D eigenvalue weighted by molar-refractivity contribution is 0.262. The number of anilines is 2. The average Bonchev–Trinajstić information content (AvgIpc) is 2.46. The predicted octanol–water partition coefficient (Wildman–Crippen LogP) is 4.10. The van der Waals surface area contributed by atoms with Gasteiger partial charge >= 0.3 is 12.0 Å². The second-order valence-electron chi connectivity index (χ2n) is 5.05. The molecular formula is C16H19ClN4O2. The first-order chi connectivity index (χ1) is 10.9. The Hall–Kier alpha value is -2.34. The highest BCUT2D eigenvalue weighted by Gasteiger charge is 2.13. The van der Waals surface area contributed by atoms with E-state index in [1.165, 1.54) is 0 Å². The van der Waals surface area contributed by atoms with E-state index in [1.807, 2.05) is 19.9 Å². The third-order valence-corrected chi connectivity index (χ3v) is 3.45. The zero-order valence-corrected chi connectivity index (χ0v) is 14.3. The highest BCUT2D eigenvalue weighted by Crippen LogP contribution is 2.24. The van der Waals surface area contributed by atoms with E-state index >= 15 is 0 Å². The normalized spacial score (nSPS) is 10.3. The lowest BCUT2D eigenvalue weighted by Crippen LogP contribution is -2.21. The number of carbonyl (C=O) groups excluding carboxylic acids is 1. The molecule has 1 aromatic heterocycles. The van der Waals surface area contributed by atoms with Crippen LogP contribution in [-0.4, -0.2) is 22.6 Å². The lowest BCUT2D eigenvalue weighted by Gasteiger charge is -2.13. The summed E-state index contributed by atoms with van der Waals surface area (Å²) in [5.41, 5.74) is 3.37. The molecule has 122 valence electrons. The summed E-state index contributed by atoms with van der Waals surface area (Å²) in [6.45, 7) is 7.84. The molecule has 0 saturated heterocycles. The Balaban J connectivity index is 2.14. The van der Waals surface area contributed by atoms with Gasteiger partial charge in [0.2, 0.25) is 0 Å². The minimum atomic E-state index is -0.408. The van der Waals surface area contributed by atoms with Crippen LogP contribution in [-0.2, 0) is 0 Å². The first-order valence-electron chi connectivity index (χ1n) is 7.23. The van der Waals surface area contributed by atoms with E-state index < -0.39 is 6.03 Å². The van der Waals surface area contributed by atoms with Crippen molar-refractivity contribution in [2.45, 2.75) is 27.7 Å². The molecule has 0 aliphatic carbocycles. The number of nitrogens with one attached hydrogen (secondary N) is 2. The SMILES string of the molecule is CCOc1nc(C)c(NC(=O)Nc2ccc(C)cc2Cl)c(C)n1. The largest absolute Gasteiger partial charge is 0.464 e. The monoisotopic (exact) mass is 334 g/mol. The number of rotatable bonds is 4. The summed E-state index contributed by atoms with van der Waals surface area (Å²) in [7, 11) is 0. The standard InChI is InChI=1S/C16H19ClN4O2/c1-5-23-16-18-10(3)14(11(4)19-16)21-15(22)20-13-7-6-9(2)8-12(13)17/h6-8H,5H2,1-4H3,(H2,20,21,22). The fraction of sp³-hybridized carbons (Fsp3) is 0.312. The molecule has 0 bridgehead atoms. The third-order valence-electron chi connectivity index (χ3n) is 3.14. The topological polar surface area (TPSA) is 76.1 Å². The zero-order chi connectivity index (χ0) is 17.0. The smallest absolute Gasteiger partial charge is 0.323 e. The van der Waals surface area contributed by atoms with Crippen LogP contribution in [0.1, 0.15) is 23.9 Å². The summed E-state index contributed by atoms with van der Waals surface area (Å²) in [5, 5.41) is 5.94. The minimum absolute atomic E-state index is 0.301. The quantitative estimate of drug-likeness (QED) is 0.882. The molecule has 7 heteroatoms. The van der Waals surface area contributed by atoms with Crippen LogP contribution >= 0.6 is 11.6 Å². The maximum absolute atomic E-state index is 12.2. The second kappa shape index (κ2) is 7.28. The van der Waals surface area contributed by atoms with Crippen molar-refractivity contribution in [3.05, 3.63) is 40.2 Å². The number of hydrogen-bond acceptors (Lipinski definition) is 4. The Morgan fingerprint density at radius 1 is 1.17 bits per heavy atom. The van der Waals surface area contributed by atoms with Crippen LogP contribution in [0.2, 0.25) is 5.02 Å². The number of urea groups is 1. The molecule has 2 amide bonds. The van der Waals surface area contributed by atoms with Gasteiger partial charge in [-0.25, -0.2) is 4.79 Å². The number of nitrogens with zero attached hydrogens (tertiary/aromatic N) is 2. The van der Waals surface area contributed by atoms with Gasteiger partial charge in [-0.05, 0) is 45.4 Å². The summed E-state index contributed by atoms with van der Waals surface area (Å²) in [6, 6.07) is 5.31. The van der Waals surface area contributed by atoms with E-state index in [0.717, 1.165) is 5.56 Å². The number of halogens is 1. The lowest BCUT2D eigenvalue weighted by atomic mass is 10.2. The maximum atomic E-state index is 12.2. The van der Waals surface area contributed by atoms with E-state index in [-0.39, 0.29) is 0 Å². The van der Waals surface area contributed by atoms with Crippen molar-refractivity contribution in [2.24, 2.45) is 0 Å². The van der Waals surface area contributed by atoms with Crippen molar-refractivity contribution in [3.63, 3.8) is 0 Å². The Labute approximate surface area is 140 Å². The number of aromatic nitrogens is 2. The second-order valence-corrected chi connectivity index (χ2v) is 5.45. The van der Waals surface area contributed by atoms with Gasteiger partial charge in [-0.3, -0.25) is 0 Å². The van der Waals surface area contributed by atoms with Crippen LogP contribution < -0.4 is 15.4 Å². The van der Waals surface area contributed by atoms with Crippen LogP contribution in [0.5, 0.6) is 6.01 Å². The van der Waals surface area contributed by atoms with E-state index in [1.54, 1.807) is 26.0 Å². The van der Waals surface area contributed by atoms with Crippen molar-refractivity contribution < 1.29 is 9.53 Å². The number of amides is 2. The van der Waals surface area contributed by atoms with Gasteiger partial charge in [-0.2, -0.15) is 9.97 Å². The predicted molar refractivity (Wildman–Crippen MR) is 91.5 cm³/mol. The molecule has 0 fully saturated rings. The molecule has 2 N–H and O–H groups in total.